The van der Waals surface area contributed by atoms with Gasteiger partial charge >= 0.3 is 0 Å². The molecule has 2 N–H and O–H groups in total. The molecule has 10 nitrogen and oxygen atoms in total. The van der Waals surface area contributed by atoms with Crippen molar-refractivity contribution in [3.05, 3.63) is 60.7 Å². The molecule has 0 atom stereocenters. The first kappa shape index (κ1) is 23.5. The highest BCUT2D eigenvalue weighted by Gasteiger charge is 2.32. The summed E-state index contributed by atoms with van der Waals surface area (Å²) >= 11 is 0. The lowest BCUT2D eigenvalue weighted by Crippen LogP contribution is -2.45. The molecular formula is C27H31N9O. The molecule has 0 saturated carbocycles. The third-order valence-corrected chi connectivity index (χ3v) is 7.57. The fraction of sp³-hybridized carbons (Fsp3) is 0.407. The topological polar surface area (TPSA) is 119 Å². The number of pyridine rings is 2. The van der Waals surface area contributed by atoms with Crippen LogP contribution in [0.3, 0.4) is 0 Å². The summed E-state index contributed by atoms with van der Waals surface area (Å²) in [5.74, 6) is 1.54. The number of carbonyl (C=O) groups is 1. The van der Waals surface area contributed by atoms with Crippen molar-refractivity contribution in [2.75, 3.05) is 31.9 Å². The van der Waals surface area contributed by atoms with E-state index in [2.05, 4.69) is 40.4 Å². The van der Waals surface area contributed by atoms with E-state index in [1.165, 1.54) is 0 Å². The highest BCUT2D eigenvalue weighted by molar-refractivity contribution is 5.79. The Morgan fingerprint density at radius 1 is 0.892 bits per heavy atom. The Hall–Kier alpha value is -3.92. The van der Waals surface area contributed by atoms with E-state index >= 15 is 0 Å². The molecule has 0 aliphatic carbocycles. The Labute approximate surface area is 215 Å². The van der Waals surface area contributed by atoms with Crippen LogP contribution in [0.5, 0.6) is 0 Å². The third-order valence-electron chi connectivity index (χ3n) is 7.57. The van der Waals surface area contributed by atoms with Crippen LogP contribution in [0.2, 0.25) is 0 Å². The van der Waals surface area contributed by atoms with Crippen molar-refractivity contribution < 1.29 is 4.79 Å². The van der Waals surface area contributed by atoms with Gasteiger partial charge < -0.3 is 15.2 Å². The minimum Gasteiger partial charge on any atom is -0.368 e. The zero-order valence-electron chi connectivity index (χ0n) is 20.8. The normalized spacial score (nSPS) is 17.9. The van der Waals surface area contributed by atoms with Gasteiger partial charge in [0, 0.05) is 61.9 Å². The maximum atomic E-state index is 13.4. The number of nitrogens with zero attached hydrogens (tertiary/aromatic N) is 8. The van der Waals surface area contributed by atoms with Crippen molar-refractivity contribution in [3.8, 4) is 11.5 Å². The van der Waals surface area contributed by atoms with Gasteiger partial charge in [0.05, 0.1) is 5.52 Å². The second kappa shape index (κ2) is 10.2. The van der Waals surface area contributed by atoms with E-state index in [1.54, 1.807) is 24.8 Å². The van der Waals surface area contributed by atoms with Gasteiger partial charge in [0.1, 0.15) is 5.69 Å². The molecule has 1 amide bonds. The first-order valence-electron chi connectivity index (χ1n) is 13.0. The van der Waals surface area contributed by atoms with Crippen LogP contribution >= 0.6 is 0 Å². The van der Waals surface area contributed by atoms with Gasteiger partial charge in [-0.2, -0.15) is 0 Å². The molecule has 6 heterocycles. The molecule has 0 spiro atoms. The fourth-order valence-electron chi connectivity index (χ4n) is 5.62. The lowest BCUT2D eigenvalue weighted by molar-refractivity contribution is -0.138. The number of rotatable bonds is 5. The van der Waals surface area contributed by atoms with E-state index < -0.39 is 0 Å². The third kappa shape index (κ3) is 4.89. The van der Waals surface area contributed by atoms with Crippen LogP contribution in [-0.4, -0.2) is 71.4 Å². The monoisotopic (exact) mass is 497 g/mol. The quantitative estimate of drug-likeness (QED) is 0.447. The number of piperidine rings is 2. The molecule has 37 heavy (non-hydrogen) atoms. The number of anilines is 1. The summed E-state index contributed by atoms with van der Waals surface area (Å²) in [6, 6.07) is 10.2. The Morgan fingerprint density at radius 3 is 2.38 bits per heavy atom. The molecule has 190 valence electrons. The number of carbonyl (C=O) groups excluding carboxylic acids is 1. The molecule has 2 aliphatic rings. The highest BCUT2D eigenvalue weighted by atomic mass is 16.2. The van der Waals surface area contributed by atoms with Crippen LogP contribution in [0.15, 0.2) is 55.1 Å². The van der Waals surface area contributed by atoms with E-state index in [9.17, 15) is 4.79 Å². The van der Waals surface area contributed by atoms with Crippen LogP contribution in [0, 0.1) is 5.92 Å². The van der Waals surface area contributed by atoms with Gasteiger partial charge in [0.2, 0.25) is 11.9 Å². The molecule has 2 fully saturated rings. The predicted octanol–water partition coefficient (Wildman–Crippen LogP) is 2.94. The van der Waals surface area contributed by atoms with Crippen LogP contribution in [-0.2, 0) is 11.3 Å². The SMILES string of the molecule is Nc1ncc(CN2CCC(C(=O)N3CCC(n4c(-c5ccccn5)nc5ncccc54)CC3)CC2)cn1. The molecule has 4 aromatic rings. The molecule has 10 heteroatoms. The molecule has 0 aromatic carbocycles. The largest absolute Gasteiger partial charge is 0.368 e. The number of aromatic nitrogens is 6. The van der Waals surface area contributed by atoms with Gasteiger partial charge in [-0.15, -0.1) is 0 Å². The number of fused-ring (bicyclic) bond motifs is 1. The first-order valence-corrected chi connectivity index (χ1v) is 13.0. The van der Waals surface area contributed by atoms with Gasteiger partial charge in [0.25, 0.3) is 0 Å². The summed E-state index contributed by atoms with van der Waals surface area (Å²) < 4.78 is 2.28. The minimum absolute atomic E-state index is 0.0952. The van der Waals surface area contributed by atoms with Gasteiger partial charge in [0.15, 0.2) is 11.5 Å². The number of amides is 1. The molecule has 0 unspecified atom stereocenters. The summed E-state index contributed by atoms with van der Waals surface area (Å²) in [6.07, 6.45) is 10.7. The Balaban J connectivity index is 1.09. The Bertz CT molecular complexity index is 1360. The van der Waals surface area contributed by atoms with Crippen molar-refractivity contribution >= 4 is 23.0 Å². The summed E-state index contributed by atoms with van der Waals surface area (Å²) in [5.41, 5.74) is 9.24. The molecule has 0 bridgehead atoms. The molecule has 2 saturated heterocycles. The van der Waals surface area contributed by atoms with Crippen LogP contribution in [0.25, 0.3) is 22.7 Å². The molecule has 2 aliphatic heterocycles. The summed E-state index contributed by atoms with van der Waals surface area (Å²) in [6.45, 7) is 4.11. The molecule has 4 aromatic heterocycles. The van der Waals surface area contributed by atoms with Crippen molar-refractivity contribution in [1.82, 2.24) is 39.3 Å². The standard InChI is InChI=1S/C27H31N9O/c28-27-31-16-19(17-32-27)18-34-12-6-20(7-13-34)26(37)35-14-8-21(9-15-35)36-23-5-3-11-30-24(23)33-25(36)22-4-1-2-10-29-22/h1-5,10-11,16-17,20-21H,6-9,12-15,18H2,(H2,28,31,32). The highest BCUT2D eigenvalue weighted by Crippen LogP contribution is 2.33. The van der Waals surface area contributed by atoms with E-state index in [0.717, 1.165) is 86.7 Å². The Kier molecular flexibility index (Phi) is 6.48. The molecule has 0 radical (unpaired) electrons. The van der Waals surface area contributed by atoms with Crippen LogP contribution in [0.4, 0.5) is 5.95 Å². The molecule has 6 rings (SSSR count). The van der Waals surface area contributed by atoms with Crippen molar-refractivity contribution in [1.29, 1.82) is 0 Å². The summed E-state index contributed by atoms with van der Waals surface area (Å²) in [5, 5.41) is 0. The number of hydrogen-bond acceptors (Lipinski definition) is 8. The zero-order valence-corrected chi connectivity index (χ0v) is 20.8. The van der Waals surface area contributed by atoms with Gasteiger partial charge in [-0.05, 0) is 63.0 Å². The van der Waals surface area contributed by atoms with Crippen LogP contribution in [0.1, 0.15) is 37.3 Å². The van der Waals surface area contributed by atoms with Crippen molar-refractivity contribution in [2.45, 2.75) is 38.3 Å². The number of nitrogen functional groups attached to an aromatic ring is 1. The average Bonchev–Trinajstić information content (AvgIpc) is 3.35. The number of likely N-dealkylation sites (tertiary alicyclic amines) is 2. The number of nitrogens with two attached hydrogens (primary N) is 1. The lowest BCUT2D eigenvalue weighted by Gasteiger charge is -2.38. The average molecular weight is 498 g/mol. The second-order valence-corrected chi connectivity index (χ2v) is 9.92. The van der Waals surface area contributed by atoms with E-state index in [0.29, 0.717) is 11.9 Å². The van der Waals surface area contributed by atoms with Gasteiger partial charge in [-0.25, -0.2) is 19.9 Å². The van der Waals surface area contributed by atoms with Gasteiger partial charge in [-0.1, -0.05) is 6.07 Å². The van der Waals surface area contributed by atoms with Crippen molar-refractivity contribution in [2.24, 2.45) is 5.92 Å². The van der Waals surface area contributed by atoms with E-state index in [4.69, 9.17) is 10.7 Å². The second-order valence-electron chi connectivity index (χ2n) is 9.92. The zero-order chi connectivity index (χ0) is 25.2. The Morgan fingerprint density at radius 2 is 1.65 bits per heavy atom. The lowest BCUT2D eigenvalue weighted by atomic mass is 9.93. The predicted molar refractivity (Wildman–Crippen MR) is 140 cm³/mol. The van der Waals surface area contributed by atoms with Crippen LogP contribution < -0.4 is 5.73 Å². The summed E-state index contributed by atoms with van der Waals surface area (Å²) in [4.78, 5) is 39.8. The fourth-order valence-corrected chi connectivity index (χ4v) is 5.62. The van der Waals surface area contributed by atoms with E-state index in [-0.39, 0.29) is 12.0 Å². The van der Waals surface area contributed by atoms with Gasteiger partial charge in [-0.3, -0.25) is 14.7 Å². The number of imidazole rings is 1. The summed E-state index contributed by atoms with van der Waals surface area (Å²) in [7, 11) is 0. The minimum atomic E-state index is 0.0952. The van der Waals surface area contributed by atoms with Crippen molar-refractivity contribution in [3.63, 3.8) is 0 Å². The maximum absolute atomic E-state index is 13.4. The van der Waals surface area contributed by atoms with E-state index in [1.807, 2.05) is 24.3 Å². The molecular weight excluding hydrogens is 466 g/mol. The first-order chi connectivity index (χ1) is 18.2. The number of hydrogen-bond donors (Lipinski definition) is 1. The smallest absolute Gasteiger partial charge is 0.225 e. The maximum Gasteiger partial charge on any atom is 0.225 e.